The highest BCUT2D eigenvalue weighted by Crippen LogP contribution is 2.26. The van der Waals surface area contributed by atoms with Crippen molar-refractivity contribution in [3.05, 3.63) is 98.4 Å². The van der Waals surface area contributed by atoms with Crippen molar-refractivity contribution >= 4 is 50.1 Å². The lowest BCUT2D eigenvalue weighted by atomic mass is 10.0. The van der Waals surface area contributed by atoms with Crippen molar-refractivity contribution in [2.45, 2.75) is 26.0 Å². The number of hydrogen-bond acceptors (Lipinski definition) is 5. The fraction of sp³-hybridized carbons (Fsp3) is 0.192. The van der Waals surface area contributed by atoms with E-state index >= 15 is 0 Å². The topological polar surface area (TPSA) is 89.0 Å². The largest absolute Gasteiger partial charge is 0.488 e. The monoisotopic (exact) mass is 601 g/mol. The SMILES string of the molecule is CCOC(=O)N[C@H](CC(=O)N/N=C\c1ccc(OCc2ccc(Br)cc2)c(Br)c1)c1ccccc1. The van der Waals surface area contributed by atoms with Gasteiger partial charge in [-0.2, -0.15) is 5.10 Å². The van der Waals surface area contributed by atoms with E-state index in [1.54, 1.807) is 6.92 Å². The number of carbonyl (C=O) groups excluding carboxylic acids is 2. The summed E-state index contributed by atoms with van der Waals surface area (Å²) in [7, 11) is 0. The van der Waals surface area contributed by atoms with E-state index in [1.165, 1.54) is 6.21 Å². The maximum absolute atomic E-state index is 12.5. The zero-order chi connectivity index (χ0) is 25.0. The third-order valence-corrected chi connectivity index (χ3v) is 5.97. The predicted octanol–water partition coefficient (Wildman–Crippen LogP) is 6.12. The Hall–Kier alpha value is -3.17. The van der Waals surface area contributed by atoms with Gasteiger partial charge in [-0.1, -0.05) is 58.4 Å². The lowest BCUT2D eigenvalue weighted by Crippen LogP contribution is -2.33. The van der Waals surface area contributed by atoms with Crippen molar-refractivity contribution in [2.75, 3.05) is 6.61 Å². The number of halogens is 2. The number of nitrogens with one attached hydrogen (secondary N) is 2. The van der Waals surface area contributed by atoms with Crippen LogP contribution in [-0.4, -0.2) is 24.8 Å². The Kier molecular flexibility index (Phi) is 10.3. The maximum atomic E-state index is 12.5. The van der Waals surface area contributed by atoms with E-state index < -0.39 is 12.1 Å². The van der Waals surface area contributed by atoms with Crippen molar-refractivity contribution in [1.29, 1.82) is 0 Å². The van der Waals surface area contributed by atoms with Crippen molar-refractivity contribution < 1.29 is 19.1 Å². The molecular formula is C26H25Br2N3O4. The molecule has 0 aliphatic heterocycles. The third-order valence-electron chi connectivity index (χ3n) is 4.83. The molecule has 0 aliphatic carbocycles. The molecule has 1 atom stereocenters. The lowest BCUT2D eigenvalue weighted by molar-refractivity contribution is -0.121. The van der Waals surface area contributed by atoms with Gasteiger partial charge in [-0.05, 0) is 69.9 Å². The minimum Gasteiger partial charge on any atom is -0.488 e. The van der Waals surface area contributed by atoms with Crippen LogP contribution in [0.1, 0.15) is 36.1 Å². The van der Waals surface area contributed by atoms with Gasteiger partial charge in [-0.15, -0.1) is 0 Å². The number of benzene rings is 3. The van der Waals surface area contributed by atoms with E-state index in [0.29, 0.717) is 12.4 Å². The molecule has 2 N–H and O–H groups in total. The molecule has 0 aromatic heterocycles. The number of hydrazone groups is 1. The summed E-state index contributed by atoms with van der Waals surface area (Å²) in [6.45, 7) is 2.41. The quantitative estimate of drug-likeness (QED) is 0.216. The molecular weight excluding hydrogens is 578 g/mol. The van der Waals surface area contributed by atoms with Crippen LogP contribution in [0.15, 0.2) is 86.8 Å². The van der Waals surface area contributed by atoms with Gasteiger partial charge in [0.15, 0.2) is 0 Å². The molecule has 3 rings (SSSR count). The van der Waals surface area contributed by atoms with Gasteiger partial charge in [0, 0.05) is 4.47 Å². The minimum atomic E-state index is -0.579. The highest BCUT2D eigenvalue weighted by molar-refractivity contribution is 9.10. The van der Waals surface area contributed by atoms with Crippen LogP contribution < -0.4 is 15.5 Å². The zero-order valence-corrected chi connectivity index (χ0v) is 22.2. The first kappa shape index (κ1) is 26.4. The molecule has 35 heavy (non-hydrogen) atoms. The second-order valence-electron chi connectivity index (χ2n) is 7.43. The number of ether oxygens (including phenoxy) is 2. The normalized spacial score (nSPS) is 11.6. The van der Waals surface area contributed by atoms with Crippen LogP contribution >= 0.6 is 31.9 Å². The molecule has 0 spiro atoms. The molecule has 0 bridgehead atoms. The van der Waals surface area contributed by atoms with Crippen LogP contribution in [0, 0.1) is 0 Å². The number of rotatable bonds is 10. The Morgan fingerprint density at radius 3 is 2.46 bits per heavy atom. The molecule has 182 valence electrons. The van der Waals surface area contributed by atoms with Crippen molar-refractivity contribution in [3.63, 3.8) is 0 Å². The standard InChI is InChI=1S/C26H25Br2N3O4/c1-2-34-26(33)30-23(20-6-4-3-5-7-20)15-25(32)31-29-16-19-10-13-24(22(28)14-19)35-17-18-8-11-21(27)12-9-18/h3-14,16,23H,2,15,17H2,1H3,(H,30,33)(H,31,32)/b29-16-/t23-/m1/s1. The van der Waals surface area contributed by atoms with Crippen molar-refractivity contribution in [2.24, 2.45) is 5.10 Å². The maximum Gasteiger partial charge on any atom is 0.407 e. The van der Waals surface area contributed by atoms with Gasteiger partial charge in [0.05, 0.1) is 29.8 Å². The first-order valence-corrected chi connectivity index (χ1v) is 12.5. The first-order chi connectivity index (χ1) is 16.9. The van der Waals surface area contributed by atoms with Gasteiger partial charge in [0.25, 0.3) is 0 Å². The van der Waals surface area contributed by atoms with Crippen molar-refractivity contribution in [1.82, 2.24) is 10.7 Å². The van der Waals surface area contributed by atoms with Gasteiger partial charge >= 0.3 is 6.09 Å². The Morgan fingerprint density at radius 1 is 1.03 bits per heavy atom. The summed E-state index contributed by atoms with van der Waals surface area (Å²) in [6, 6.07) is 22.1. The van der Waals surface area contributed by atoms with E-state index in [9.17, 15) is 9.59 Å². The summed E-state index contributed by atoms with van der Waals surface area (Å²) in [4.78, 5) is 24.4. The van der Waals surface area contributed by atoms with E-state index in [4.69, 9.17) is 9.47 Å². The summed E-state index contributed by atoms with van der Waals surface area (Å²) < 4.78 is 12.6. The summed E-state index contributed by atoms with van der Waals surface area (Å²) >= 11 is 6.93. The van der Waals surface area contributed by atoms with E-state index in [2.05, 4.69) is 47.7 Å². The molecule has 0 heterocycles. The zero-order valence-electron chi connectivity index (χ0n) is 19.0. The van der Waals surface area contributed by atoms with Crippen LogP contribution in [0.25, 0.3) is 0 Å². The average Bonchev–Trinajstić information content (AvgIpc) is 2.85. The number of hydrogen-bond donors (Lipinski definition) is 2. The third kappa shape index (κ3) is 8.84. The van der Waals surface area contributed by atoms with Gasteiger partial charge < -0.3 is 14.8 Å². The average molecular weight is 603 g/mol. The van der Waals surface area contributed by atoms with E-state index in [0.717, 1.165) is 25.6 Å². The number of amides is 2. The fourth-order valence-corrected chi connectivity index (χ4v) is 3.89. The molecule has 9 heteroatoms. The second-order valence-corrected chi connectivity index (χ2v) is 9.20. The molecule has 0 saturated carbocycles. The summed E-state index contributed by atoms with van der Waals surface area (Å²) in [6.07, 6.45) is 0.967. The van der Waals surface area contributed by atoms with Crippen molar-refractivity contribution in [3.8, 4) is 5.75 Å². The Labute approximate surface area is 221 Å². The summed E-state index contributed by atoms with van der Waals surface area (Å²) in [5, 5.41) is 6.76. The highest BCUT2D eigenvalue weighted by Gasteiger charge is 2.18. The Balaban J connectivity index is 1.55. The predicted molar refractivity (Wildman–Crippen MR) is 142 cm³/mol. The molecule has 7 nitrogen and oxygen atoms in total. The Morgan fingerprint density at radius 2 is 1.77 bits per heavy atom. The van der Waals surface area contributed by atoms with Crippen LogP contribution in [0.4, 0.5) is 4.79 Å². The number of nitrogens with zero attached hydrogens (tertiary/aromatic N) is 1. The second kappa shape index (κ2) is 13.7. The smallest absolute Gasteiger partial charge is 0.407 e. The van der Waals surface area contributed by atoms with Gasteiger partial charge in [0.2, 0.25) is 5.91 Å². The molecule has 0 radical (unpaired) electrons. The van der Waals surface area contributed by atoms with Gasteiger partial charge in [0.1, 0.15) is 12.4 Å². The number of alkyl carbamates (subject to hydrolysis) is 1. The molecule has 0 unspecified atom stereocenters. The van der Waals surface area contributed by atoms with Crippen LogP contribution in [0.3, 0.4) is 0 Å². The summed E-state index contributed by atoms with van der Waals surface area (Å²) in [5.41, 5.74) is 5.13. The molecule has 3 aromatic rings. The Bertz CT molecular complexity index is 1160. The lowest BCUT2D eigenvalue weighted by Gasteiger charge is -2.18. The van der Waals surface area contributed by atoms with Crippen LogP contribution in [0.2, 0.25) is 0 Å². The number of carbonyl (C=O) groups is 2. The first-order valence-electron chi connectivity index (χ1n) is 10.9. The summed E-state index contributed by atoms with van der Waals surface area (Å²) in [5.74, 6) is 0.352. The minimum absolute atomic E-state index is 0.00664. The van der Waals surface area contributed by atoms with Gasteiger partial charge in [-0.3, -0.25) is 4.79 Å². The molecule has 2 amide bonds. The van der Waals surface area contributed by atoms with E-state index in [-0.39, 0.29) is 18.9 Å². The van der Waals surface area contributed by atoms with Gasteiger partial charge in [-0.25, -0.2) is 10.2 Å². The molecule has 0 fully saturated rings. The molecule has 0 aliphatic rings. The molecule has 0 saturated heterocycles. The highest BCUT2D eigenvalue weighted by atomic mass is 79.9. The van der Waals surface area contributed by atoms with E-state index in [1.807, 2.05) is 72.8 Å². The van der Waals surface area contributed by atoms with Crippen LogP contribution in [-0.2, 0) is 16.1 Å². The fourth-order valence-electron chi connectivity index (χ4n) is 3.12. The van der Waals surface area contributed by atoms with Crippen LogP contribution in [0.5, 0.6) is 5.75 Å². The molecule has 3 aromatic carbocycles.